The number of benzene rings is 2. The van der Waals surface area contributed by atoms with Crippen LogP contribution < -0.4 is 11.1 Å². The van der Waals surface area contributed by atoms with Gasteiger partial charge in [0.05, 0.1) is 0 Å². The number of rotatable bonds is 6. The number of primary amides is 1. The Morgan fingerprint density at radius 3 is 2.24 bits per heavy atom. The van der Waals surface area contributed by atoms with Gasteiger partial charge in [-0.05, 0) is 42.7 Å². The zero-order chi connectivity index (χ0) is 20.8. The topological polar surface area (TPSA) is 92.5 Å². The van der Waals surface area contributed by atoms with Crippen LogP contribution in [0.1, 0.15) is 28.8 Å². The molecule has 1 aliphatic heterocycles. The van der Waals surface area contributed by atoms with Crippen molar-refractivity contribution in [2.75, 3.05) is 13.1 Å². The zero-order valence-electron chi connectivity index (χ0n) is 16.0. The van der Waals surface area contributed by atoms with Gasteiger partial charge >= 0.3 is 0 Å². The van der Waals surface area contributed by atoms with E-state index >= 15 is 0 Å². The molecule has 7 heteroatoms. The van der Waals surface area contributed by atoms with Crippen LogP contribution in [0.15, 0.2) is 59.1 Å². The molecule has 1 heterocycles. The summed E-state index contributed by atoms with van der Waals surface area (Å²) in [6.45, 7) is 1.01. The number of hydrogen-bond acceptors (Lipinski definition) is 3. The molecule has 152 valence electrons. The number of hydrogen-bond donors (Lipinski definition) is 2. The number of piperidine rings is 1. The molecule has 1 atom stereocenters. The number of nitrogens with two attached hydrogens (primary N) is 1. The third-order valence-electron chi connectivity index (χ3n) is 5.19. The van der Waals surface area contributed by atoms with E-state index in [1.54, 1.807) is 17.0 Å². The maximum Gasteiger partial charge on any atom is 0.253 e. The molecule has 2 aromatic rings. The third kappa shape index (κ3) is 5.67. The molecule has 1 aliphatic rings. The van der Waals surface area contributed by atoms with Gasteiger partial charge in [-0.1, -0.05) is 46.3 Å². The Kier molecular flexibility index (Phi) is 7.04. The van der Waals surface area contributed by atoms with Gasteiger partial charge in [0.2, 0.25) is 11.8 Å². The highest BCUT2D eigenvalue weighted by molar-refractivity contribution is 9.10. The minimum absolute atomic E-state index is 0.0320. The van der Waals surface area contributed by atoms with Crippen LogP contribution in [-0.2, 0) is 16.0 Å². The molecule has 0 aliphatic carbocycles. The van der Waals surface area contributed by atoms with Crippen LogP contribution in [0.2, 0.25) is 0 Å². The van der Waals surface area contributed by atoms with Gasteiger partial charge in [-0.2, -0.15) is 0 Å². The number of likely N-dealkylation sites (tertiary alicyclic amines) is 1. The second-order valence-corrected chi connectivity index (χ2v) is 8.14. The van der Waals surface area contributed by atoms with Crippen molar-refractivity contribution in [1.82, 2.24) is 10.2 Å². The first-order valence-electron chi connectivity index (χ1n) is 9.62. The van der Waals surface area contributed by atoms with Crippen LogP contribution in [-0.4, -0.2) is 41.8 Å². The maximum atomic E-state index is 12.7. The minimum Gasteiger partial charge on any atom is -0.368 e. The summed E-state index contributed by atoms with van der Waals surface area (Å²) in [5.74, 6) is -0.998. The fraction of sp³-hybridized carbons (Fsp3) is 0.318. The standard InChI is InChI=1S/C22H24BrN3O3/c23-18-8-6-17(7-9-18)22(29)26-12-10-16(11-13-26)21(28)25-19(20(24)27)14-15-4-2-1-3-5-15/h1-9,16,19H,10-14H2,(H2,24,27)(H,25,28). The molecule has 0 bridgehead atoms. The average molecular weight is 458 g/mol. The summed E-state index contributed by atoms with van der Waals surface area (Å²) in [6, 6.07) is 16.0. The van der Waals surface area contributed by atoms with Gasteiger partial charge in [-0.3, -0.25) is 14.4 Å². The van der Waals surface area contributed by atoms with Crippen LogP contribution in [0.25, 0.3) is 0 Å². The lowest BCUT2D eigenvalue weighted by molar-refractivity contribution is -0.130. The highest BCUT2D eigenvalue weighted by Gasteiger charge is 2.30. The van der Waals surface area contributed by atoms with E-state index in [1.807, 2.05) is 42.5 Å². The molecule has 0 aromatic heterocycles. The SMILES string of the molecule is NC(=O)C(Cc1ccccc1)NC(=O)C1CCN(C(=O)c2ccc(Br)cc2)CC1. The van der Waals surface area contributed by atoms with Crippen LogP contribution >= 0.6 is 15.9 Å². The fourth-order valence-electron chi connectivity index (χ4n) is 3.48. The normalized spacial score (nSPS) is 15.6. The molecule has 0 saturated carbocycles. The molecule has 0 spiro atoms. The quantitative estimate of drug-likeness (QED) is 0.697. The van der Waals surface area contributed by atoms with Crippen molar-refractivity contribution in [3.05, 3.63) is 70.2 Å². The molecule has 3 amide bonds. The van der Waals surface area contributed by atoms with Crippen LogP contribution in [0.3, 0.4) is 0 Å². The van der Waals surface area contributed by atoms with E-state index in [0.717, 1.165) is 10.0 Å². The molecule has 0 radical (unpaired) electrons. The molecule has 6 nitrogen and oxygen atoms in total. The summed E-state index contributed by atoms with van der Waals surface area (Å²) in [4.78, 5) is 38.8. The van der Waals surface area contributed by atoms with Crippen molar-refractivity contribution in [2.45, 2.75) is 25.3 Å². The van der Waals surface area contributed by atoms with Crippen molar-refractivity contribution in [2.24, 2.45) is 11.7 Å². The molecule has 1 unspecified atom stereocenters. The summed E-state index contributed by atoms with van der Waals surface area (Å²) in [7, 11) is 0. The Bertz CT molecular complexity index is 863. The highest BCUT2D eigenvalue weighted by Crippen LogP contribution is 2.20. The smallest absolute Gasteiger partial charge is 0.253 e. The van der Waals surface area contributed by atoms with E-state index in [9.17, 15) is 14.4 Å². The highest BCUT2D eigenvalue weighted by atomic mass is 79.9. The van der Waals surface area contributed by atoms with Crippen LogP contribution in [0, 0.1) is 5.92 Å². The van der Waals surface area contributed by atoms with Crippen LogP contribution in [0.4, 0.5) is 0 Å². The molecule has 29 heavy (non-hydrogen) atoms. The van der Waals surface area contributed by atoms with Gasteiger partial charge in [0.1, 0.15) is 6.04 Å². The fourth-order valence-corrected chi connectivity index (χ4v) is 3.75. The summed E-state index contributed by atoms with van der Waals surface area (Å²) < 4.78 is 0.920. The summed E-state index contributed by atoms with van der Waals surface area (Å²) >= 11 is 3.36. The van der Waals surface area contributed by atoms with E-state index in [2.05, 4.69) is 21.2 Å². The average Bonchev–Trinajstić information content (AvgIpc) is 2.74. The number of nitrogens with one attached hydrogen (secondary N) is 1. The monoisotopic (exact) mass is 457 g/mol. The molecule has 1 saturated heterocycles. The molecule has 1 fully saturated rings. The number of amides is 3. The van der Waals surface area contributed by atoms with Gasteiger partial charge in [-0.25, -0.2) is 0 Å². The van der Waals surface area contributed by atoms with E-state index in [4.69, 9.17) is 5.73 Å². The third-order valence-corrected chi connectivity index (χ3v) is 5.72. The van der Waals surface area contributed by atoms with Crippen molar-refractivity contribution in [3.63, 3.8) is 0 Å². The van der Waals surface area contributed by atoms with E-state index in [-0.39, 0.29) is 17.7 Å². The summed E-state index contributed by atoms with van der Waals surface area (Å²) in [5.41, 5.74) is 7.06. The number of nitrogens with zero attached hydrogens (tertiary/aromatic N) is 1. The Labute approximate surface area is 178 Å². The largest absolute Gasteiger partial charge is 0.368 e. The molecular weight excluding hydrogens is 434 g/mol. The first kappa shape index (κ1) is 21.0. The van der Waals surface area contributed by atoms with Gasteiger partial charge in [0.25, 0.3) is 5.91 Å². The lowest BCUT2D eigenvalue weighted by Crippen LogP contribution is -2.50. The summed E-state index contributed by atoms with van der Waals surface area (Å²) in [6.07, 6.45) is 1.48. The predicted octanol–water partition coefficient (Wildman–Crippen LogP) is 2.51. The van der Waals surface area contributed by atoms with Crippen molar-refractivity contribution in [1.29, 1.82) is 0 Å². The Morgan fingerprint density at radius 1 is 1.03 bits per heavy atom. The summed E-state index contributed by atoms with van der Waals surface area (Å²) in [5, 5.41) is 2.79. The predicted molar refractivity (Wildman–Crippen MR) is 114 cm³/mol. The Hall–Kier alpha value is -2.67. The number of carbonyl (C=O) groups is 3. The van der Waals surface area contributed by atoms with E-state index in [0.29, 0.717) is 37.9 Å². The van der Waals surface area contributed by atoms with Crippen molar-refractivity contribution < 1.29 is 14.4 Å². The number of carbonyl (C=O) groups excluding carboxylic acids is 3. The second kappa shape index (κ2) is 9.69. The lowest BCUT2D eigenvalue weighted by Gasteiger charge is -2.32. The van der Waals surface area contributed by atoms with Crippen LogP contribution in [0.5, 0.6) is 0 Å². The van der Waals surface area contributed by atoms with Gasteiger partial charge in [-0.15, -0.1) is 0 Å². The lowest BCUT2D eigenvalue weighted by atomic mass is 9.94. The molecule has 3 rings (SSSR count). The first-order chi connectivity index (χ1) is 13.9. The second-order valence-electron chi connectivity index (χ2n) is 7.23. The van der Waals surface area contributed by atoms with Crippen molar-refractivity contribution >= 4 is 33.7 Å². The Morgan fingerprint density at radius 2 is 1.66 bits per heavy atom. The van der Waals surface area contributed by atoms with Gasteiger partial charge in [0, 0.05) is 35.5 Å². The molecule has 3 N–H and O–H groups in total. The molecular formula is C22H24BrN3O3. The van der Waals surface area contributed by atoms with E-state index in [1.165, 1.54) is 0 Å². The number of halogens is 1. The Balaban J connectivity index is 1.54. The zero-order valence-corrected chi connectivity index (χ0v) is 17.6. The van der Waals surface area contributed by atoms with E-state index < -0.39 is 11.9 Å². The first-order valence-corrected chi connectivity index (χ1v) is 10.4. The molecule has 2 aromatic carbocycles. The van der Waals surface area contributed by atoms with Crippen molar-refractivity contribution in [3.8, 4) is 0 Å². The van der Waals surface area contributed by atoms with Gasteiger partial charge in [0.15, 0.2) is 0 Å². The maximum absolute atomic E-state index is 12.7. The van der Waals surface area contributed by atoms with Gasteiger partial charge < -0.3 is 16.0 Å². The minimum atomic E-state index is -0.743.